The molecule has 0 aliphatic carbocycles. The molecule has 2 aromatic rings. The van der Waals surface area contributed by atoms with Crippen molar-refractivity contribution in [2.75, 3.05) is 11.9 Å². The molecule has 1 amide bonds. The van der Waals surface area contributed by atoms with E-state index in [2.05, 4.69) is 17.2 Å². The van der Waals surface area contributed by atoms with Crippen LogP contribution in [-0.2, 0) is 0 Å². The first-order valence-electron chi connectivity index (χ1n) is 6.38. The zero-order chi connectivity index (χ0) is 15.4. The highest BCUT2D eigenvalue weighted by Crippen LogP contribution is 2.26. The maximum atomic E-state index is 12.3. The Labute approximate surface area is 133 Å². The van der Waals surface area contributed by atoms with E-state index < -0.39 is 0 Å². The van der Waals surface area contributed by atoms with Crippen LogP contribution < -0.4 is 11.1 Å². The van der Waals surface area contributed by atoms with Crippen molar-refractivity contribution in [3.05, 3.63) is 50.2 Å². The molecule has 1 aromatic carbocycles. The number of halogens is 1. The first-order valence-corrected chi connectivity index (χ1v) is 7.57. The summed E-state index contributed by atoms with van der Waals surface area (Å²) in [6, 6.07) is 7.33. The Morgan fingerprint density at radius 2 is 2.14 bits per heavy atom. The van der Waals surface area contributed by atoms with Gasteiger partial charge in [-0.25, -0.2) is 0 Å². The molecule has 0 spiro atoms. The van der Waals surface area contributed by atoms with E-state index in [1.165, 1.54) is 11.3 Å². The fourth-order valence-corrected chi connectivity index (χ4v) is 2.88. The summed E-state index contributed by atoms with van der Waals surface area (Å²) in [6.45, 7) is 4.17. The Morgan fingerprint density at radius 1 is 1.38 bits per heavy atom. The monoisotopic (exact) mass is 318 g/mol. The number of amides is 1. The van der Waals surface area contributed by atoms with Crippen LogP contribution in [0.4, 0.5) is 5.69 Å². The summed E-state index contributed by atoms with van der Waals surface area (Å²) >= 11 is 7.44. The third-order valence-electron chi connectivity index (χ3n) is 2.82. The third kappa shape index (κ3) is 3.85. The van der Waals surface area contributed by atoms with E-state index in [0.29, 0.717) is 22.1 Å². The van der Waals surface area contributed by atoms with Crippen molar-refractivity contribution >= 4 is 34.5 Å². The van der Waals surface area contributed by atoms with Crippen molar-refractivity contribution < 1.29 is 4.79 Å². The normalized spacial score (nSPS) is 9.90. The molecule has 1 heterocycles. The highest BCUT2D eigenvalue weighted by atomic mass is 35.5. The molecule has 0 radical (unpaired) electrons. The molecule has 3 N–H and O–H groups in total. The van der Waals surface area contributed by atoms with Crippen LogP contribution in [0.25, 0.3) is 0 Å². The standard InChI is InChI=1S/C16H15ClN2OS/c1-10-5-6-12(17)13(8-10)19-16(20)15-9-11(2)14(21-15)4-3-7-18/h5-6,8-9H,7,18H2,1-2H3,(H,19,20). The van der Waals surface area contributed by atoms with Gasteiger partial charge in [0.25, 0.3) is 5.91 Å². The number of nitrogens with two attached hydrogens (primary N) is 1. The van der Waals surface area contributed by atoms with Gasteiger partial charge in [0.15, 0.2) is 0 Å². The average Bonchev–Trinajstić information content (AvgIpc) is 2.82. The first kappa shape index (κ1) is 15.6. The maximum absolute atomic E-state index is 12.3. The number of carbonyl (C=O) groups is 1. The van der Waals surface area contributed by atoms with Crippen LogP contribution in [0.2, 0.25) is 5.02 Å². The molecule has 0 unspecified atom stereocenters. The molecule has 108 valence electrons. The molecule has 2 rings (SSSR count). The molecule has 0 bridgehead atoms. The summed E-state index contributed by atoms with van der Waals surface area (Å²) in [5.41, 5.74) is 7.98. The van der Waals surface area contributed by atoms with Crippen molar-refractivity contribution in [2.45, 2.75) is 13.8 Å². The zero-order valence-electron chi connectivity index (χ0n) is 11.8. The SMILES string of the molecule is Cc1ccc(Cl)c(NC(=O)c2cc(C)c(C#CCN)s2)c1. The Balaban J connectivity index is 2.23. The van der Waals surface area contributed by atoms with Gasteiger partial charge in [0.1, 0.15) is 0 Å². The number of thiophene rings is 1. The predicted octanol–water partition coefficient (Wildman–Crippen LogP) is 3.58. The number of carbonyl (C=O) groups excluding carboxylic acids is 1. The van der Waals surface area contributed by atoms with Gasteiger partial charge in [-0.15, -0.1) is 11.3 Å². The lowest BCUT2D eigenvalue weighted by Gasteiger charge is -2.06. The number of hydrogen-bond donors (Lipinski definition) is 2. The van der Waals surface area contributed by atoms with E-state index >= 15 is 0 Å². The number of nitrogens with one attached hydrogen (secondary N) is 1. The molecule has 0 saturated carbocycles. The molecular weight excluding hydrogens is 304 g/mol. The van der Waals surface area contributed by atoms with Gasteiger partial charge in [0, 0.05) is 0 Å². The van der Waals surface area contributed by atoms with Crippen molar-refractivity contribution in [3.63, 3.8) is 0 Å². The second-order valence-electron chi connectivity index (χ2n) is 4.57. The number of rotatable bonds is 2. The number of aryl methyl sites for hydroxylation is 2. The van der Waals surface area contributed by atoms with Crippen molar-refractivity contribution in [3.8, 4) is 11.8 Å². The van der Waals surface area contributed by atoms with Gasteiger partial charge in [-0.1, -0.05) is 29.5 Å². The molecule has 3 nitrogen and oxygen atoms in total. The van der Waals surface area contributed by atoms with E-state index in [9.17, 15) is 4.79 Å². The van der Waals surface area contributed by atoms with E-state index in [-0.39, 0.29) is 5.91 Å². The highest BCUT2D eigenvalue weighted by Gasteiger charge is 2.13. The zero-order valence-corrected chi connectivity index (χ0v) is 13.4. The summed E-state index contributed by atoms with van der Waals surface area (Å²) < 4.78 is 0. The van der Waals surface area contributed by atoms with Crippen LogP contribution in [0.5, 0.6) is 0 Å². The van der Waals surface area contributed by atoms with Gasteiger partial charge >= 0.3 is 0 Å². The Morgan fingerprint density at radius 3 is 2.86 bits per heavy atom. The first-order chi connectivity index (χ1) is 10.0. The minimum absolute atomic E-state index is 0.184. The number of hydrogen-bond acceptors (Lipinski definition) is 3. The quantitative estimate of drug-likeness (QED) is 0.832. The Hall–Kier alpha value is -1.80. The lowest BCUT2D eigenvalue weighted by atomic mass is 10.2. The van der Waals surface area contributed by atoms with Gasteiger partial charge < -0.3 is 11.1 Å². The van der Waals surface area contributed by atoms with Crippen LogP contribution in [0.3, 0.4) is 0 Å². The smallest absolute Gasteiger partial charge is 0.265 e. The van der Waals surface area contributed by atoms with E-state index in [4.69, 9.17) is 17.3 Å². The van der Waals surface area contributed by atoms with Gasteiger partial charge in [-0.05, 0) is 43.2 Å². The minimum Gasteiger partial charge on any atom is -0.320 e. The lowest BCUT2D eigenvalue weighted by molar-refractivity contribution is 0.103. The maximum Gasteiger partial charge on any atom is 0.265 e. The van der Waals surface area contributed by atoms with Crippen molar-refractivity contribution in [2.24, 2.45) is 5.73 Å². The fraction of sp³-hybridized carbons (Fsp3) is 0.188. The van der Waals surface area contributed by atoms with Gasteiger partial charge in [0.2, 0.25) is 0 Å². The lowest BCUT2D eigenvalue weighted by Crippen LogP contribution is -2.10. The van der Waals surface area contributed by atoms with Crippen LogP contribution in [-0.4, -0.2) is 12.5 Å². The number of benzene rings is 1. The fourth-order valence-electron chi connectivity index (χ4n) is 1.77. The van der Waals surface area contributed by atoms with Crippen molar-refractivity contribution in [1.29, 1.82) is 0 Å². The molecule has 0 atom stereocenters. The Kier molecular flexibility index (Phi) is 5.03. The van der Waals surface area contributed by atoms with Crippen LogP contribution in [0.15, 0.2) is 24.3 Å². The van der Waals surface area contributed by atoms with Gasteiger partial charge in [-0.3, -0.25) is 4.79 Å². The van der Waals surface area contributed by atoms with Crippen LogP contribution in [0.1, 0.15) is 25.7 Å². The summed E-state index contributed by atoms with van der Waals surface area (Å²) in [5.74, 6) is 5.59. The molecule has 1 aromatic heterocycles. The topological polar surface area (TPSA) is 55.1 Å². The van der Waals surface area contributed by atoms with Crippen LogP contribution >= 0.6 is 22.9 Å². The largest absolute Gasteiger partial charge is 0.320 e. The third-order valence-corrected chi connectivity index (χ3v) is 4.30. The average molecular weight is 319 g/mol. The van der Waals surface area contributed by atoms with Crippen molar-refractivity contribution in [1.82, 2.24) is 0 Å². The molecular formula is C16H15ClN2OS. The van der Waals surface area contributed by atoms with E-state index in [1.807, 2.05) is 32.0 Å². The molecule has 0 aliphatic heterocycles. The van der Waals surface area contributed by atoms with Gasteiger partial charge in [0.05, 0.1) is 27.0 Å². The van der Waals surface area contributed by atoms with Crippen LogP contribution in [0, 0.1) is 25.7 Å². The highest BCUT2D eigenvalue weighted by molar-refractivity contribution is 7.14. The van der Waals surface area contributed by atoms with E-state index in [0.717, 1.165) is 16.0 Å². The molecule has 0 fully saturated rings. The summed E-state index contributed by atoms with van der Waals surface area (Å²) in [7, 11) is 0. The molecule has 21 heavy (non-hydrogen) atoms. The minimum atomic E-state index is -0.184. The summed E-state index contributed by atoms with van der Waals surface area (Å²) in [4.78, 5) is 13.7. The second-order valence-corrected chi connectivity index (χ2v) is 6.03. The van der Waals surface area contributed by atoms with E-state index in [1.54, 1.807) is 6.07 Å². The second kappa shape index (κ2) is 6.77. The molecule has 0 saturated heterocycles. The molecule has 5 heteroatoms. The summed E-state index contributed by atoms with van der Waals surface area (Å²) in [5, 5.41) is 3.35. The van der Waals surface area contributed by atoms with Gasteiger partial charge in [-0.2, -0.15) is 0 Å². The summed E-state index contributed by atoms with van der Waals surface area (Å²) in [6.07, 6.45) is 0. The molecule has 0 aliphatic rings. The number of anilines is 1. The predicted molar refractivity (Wildman–Crippen MR) is 89.1 cm³/mol. The Bertz CT molecular complexity index is 740.